The van der Waals surface area contributed by atoms with Crippen molar-refractivity contribution in [2.45, 2.75) is 6.61 Å². The fraction of sp³-hybridized carbons (Fsp3) is 0.200. The molecule has 0 aliphatic carbocycles. The molecule has 166 valence electrons. The number of methoxy groups -OCH3 is 1. The molecule has 0 aromatic heterocycles. The Balaban J connectivity index is 1.48. The molecular formula is C25H26N2O5. The molecule has 0 heterocycles. The lowest BCUT2D eigenvalue weighted by Crippen LogP contribution is -2.28. The van der Waals surface area contributed by atoms with Gasteiger partial charge in [-0.15, -0.1) is 0 Å². The quantitative estimate of drug-likeness (QED) is 0.450. The van der Waals surface area contributed by atoms with Gasteiger partial charge in [0.2, 0.25) is 0 Å². The van der Waals surface area contributed by atoms with Crippen molar-refractivity contribution < 1.29 is 23.8 Å². The van der Waals surface area contributed by atoms with Crippen LogP contribution in [0.3, 0.4) is 0 Å². The zero-order valence-corrected chi connectivity index (χ0v) is 17.9. The first kappa shape index (κ1) is 22.8. The zero-order chi connectivity index (χ0) is 22.6. The largest absolute Gasteiger partial charge is 0.489 e. The van der Waals surface area contributed by atoms with E-state index < -0.39 is 0 Å². The Hall–Kier alpha value is -3.84. The van der Waals surface area contributed by atoms with Crippen molar-refractivity contribution in [2.75, 3.05) is 32.2 Å². The number of carbonyl (C=O) groups is 2. The maximum Gasteiger partial charge on any atom is 0.262 e. The Bertz CT molecular complexity index is 1010. The van der Waals surface area contributed by atoms with E-state index in [2.05, 4.69) is 10.6 Å². The standard InChI is InChI=1S/C25H26N2O5/c1-30-16-15-26-25(29)22-9-5-6-10-23(22)27-24(28)18-32-21-13-11-20(12-14-21)31-17-19-7-3-2-4-8-19/h2-14H,15-18H2,1H3,(H,26,29)(H,27,28). The summed E-state index contributed by atoms with van der Waals surface area (Å²) in [6.07, 6.45) is 0. The maximum atomic E-state index is 12.3. The highest BCUT2D eigenvalue weighted by atomic mass is 16.5. The smallest absolute Gasteiger partial charge is 0.262 e. The number of para-hydroxylation sites is 1. The van der Waals surface area contributed by atoms with Gasteiger partial charge in [0.05, 0.1) is 17.9 Å². The Morgan fingerprint density at radius 2 is 1.47 bits per heavy atom. The lowest BCUT2D eigenvalue weighted by Gasteiger charge is -2.12. The molecule has 3 aromatic rings. The van der Waals surface area contributed by atoms with Crippen molar-refractivity contribution >= 4 is 17.5 Å². The van der Waals surface area contributed by atoms with E-state index in [1.807, 2.05) is 30.3 Å². The maximum absolute atomic E-state index is 12.3. The van der Waals surface area contributed by atoms with Crippen molar-refractivity contribution in [3.05, 3.63) is 90.0 Å². The van der Waals surface area contributed by atoms with Crippen molar-refractivity contribution in [3.63, 3.8) is 0 Å². The second-order valence-electron chi connectivity index (χ2n) is 6.88. The molecule has 2 amide bonds. The van der Waals surface area contributed by atoms with Gasteiger partial charge in [-0.05, 0) is 42.0 Å². The molecule has 7 nitrogen and oxygen atoms in total. The van der Waals surface area contributed by atoms with Crippen LogP contribution in [-0.4, -0.2) is 38.7 Å². The number of anilines is 1. The molecule has 7 heteroatoms. The highest BCUT2D eigenvalue weighted by Crippen LogP contribution is 2.19. The molecule has 3 rings (SSSR count). The molecule has 0 aliphatic heterocycles. The average Bonchev–Trinajstić information content (AvgIpc) is 2.83. The van der Waals surface area contributed by atoms with Crippen LogP contribution in [0.1, 0.15) is 15.9 Å². The van der Waals surface area contributed by atoms with Crippen LogP contribution < -0.4 is 20.1 Å². The third kappa shape index (κ3) is 7.14. The lowest BCUT2D eigenvalue weighted by atomic mass is 10.1. The number of rotatable bonds is 11. The molecule has 0 saturated heterocycles. The summed E-state index contributed by atoms with van der Waals surface area (Å²) in [5.41, 5.74) is 1.87. The summed E-state index contributed by atoms with van der Waals surface area (Å²) >= 11 is 0. The van der Waals surface area contributed by atoms with Gasteiger partial charge >= 0.3 is 0 Å². The summed E-state index contributed by atoms with van der Waals surface area (Å²) in [5.74, 6) is 0.591. The summed E-state index contributed by atoms with van der Waals surface area (Å²) < 4.78 is 16.2. The highest BCUT2D eigenvalue weighted by molar-refractivity contribution is 6.04. The molecule has 0 saturated carbocycles. The van der Waals surface area contributed by atoms with E-state index in [9.17, 15) is 9.59 Å². The number of ether oxygens (including phenoxy) is 3. The topological polar surface area (TPSA) is 85.9 Å². The molecule has 0 unspecified atom stereocenters. The van der Waals surface area contributed by atoms with Gasteiger partial charge in [0.1, 0.15) is 18.1 Å². The minimum Gasteiger partial charge on any atom is -0.489 e. The van der Waals surface area contributed by atoms with Crippen molar-refractivity contribution in [1.29, 1.82) is 0 Å². The van der Waals surface area contributed by atoms with Gasteiger partial charge in [0, 0.05) is 13.7 Å². The third-order valence-electron chi connectivity index (χ3n) is 4.48. The van der Waals surface area contributed by atoms with Gasteiger partial charge in [-0.2, -0.15) is 0 Å². The molecule has 3 aromatic carbocycles. The first-order valence-electron chi connectivity index (χ1n) is 10.2. The fourth-order valence-corrected chi connectivity index (χ4v) is 2.86. The highest BCUT2D eigenvalue weighted by Gasteiger charge is 2.13. The van der Waals surface area contributed by atoms with Crippen molar-refractivity contribution in [1.82, 2.24) is 5.32 Å². The molecule has 0 atom stereocenters. The molecule has 0 aliphatic rings. The van der Waals surface area contributed by atoms with Crippen molar-refractivity contribution in [3.8, 4) is 11.5 Å². The molecule has 32 heavy (non-hydrogen) atoms. The van der Waals surface area contributed by atoms with Crippen LogP contribution >= 0.6 is 0 Å². The number of benzene rings is 3. The van der Waals surface area contributed by atoms with Crippen LogP contribution in [0, 0.1) is 0 Å². The number of nitrogens with one attached hydrogen (secondary N) is 2. The SMILES string of the molecule is COCCNC(=O)c1ccccc1NC(=O)COc1ccc(OCc2ccccc2)cc1. The van der Waals surface area contributed by atoms with E-state index in [1.165, 1.54) is 0 Å². The first-order valence-corrected chi connectivity index (χ1v) is 10.2. The van der Waals surface area contributed by atoms with Gasteiger partial charge in [0.25, 0.3) is 11.8 Å². The van der Waals surface area contributed by atoms with Gasteiger partial charge in [-0.3, -0.25) is 9.59 Å². The van der Waals surface area contributed by atoms with Crippen LogP contribution in [0.5, 0.6) is 11.5 Å². The Labute approximate surface area is 187 Å². The van der Waals surface area contributed by atoms with Crippen LogP contribution in [0.25, 0.3) is 0 Å². The summed E-state index contributed by atoms with van der Waals surface area (Å²) in [6.45, 7) is 1.07. The first-order chi connectivity index (χ1) is 15.7. The molecular weight excluding hydrogens is 408 g/mol. The summed E-state index contributed by atoms with van der Waals surface area (Å²) in [4.78, 5) is 24.7. The average molecular weight is 434 g/mol. The van der Waals surface area contributed by atoms with Crippen LogP contribution in [0.4, 0.5) is 5.69 Å². The van der Waals surface area contributed by atoms with E-state index in [-0.39, 0.29) is 18.4 Å². The van der Waals surface area contributed by atoms with Gasteiger partial charge in [-0.1, -0.05) is 42.5 Å². The number of hydrogen-bond acceptors (Lipinski definition) is 5. The molecule has 0 bridgehead atoms. The third-order valence-corrected chi connectivity index (χ3v) is 4.48. The minimum absolute atomic E-state index is 0.191. The predicted molar refractivity (Wildman–Crippen MR) is 122 cm³/mol. The van der Waals surface area contributed by atoms with Gasteiger partial charge in [0.15, 0.2) is 6.61 Å². The second-order valence-corrected chi connectivity index (χ2v) is 6.88. The number of amides is 2. The van der Waals surface area contributed by atoms with E-state index in [0.717, 1.165) is 5.56 Å². The molecule has 0 radical (unpaired) electrons. The normalized spacial score (nSPS) is 10.3. The molecule has 2 N–H and O–H groups in total. The van der Waals surface area contributed by atoms with Crippen LogP contribution in [0.2, 0.25) is 0 Å². The van der Waals surface area contributed by atoms with E-state index in [1.54, 1.807) is 55.6 Å². The van der Waals surface area contributed by atoms with E-state index >= 15 is 0 Å². The lowest BCUT2D eigenvalue weighted by molar-refractivity contribution is -0.118. The summed E-state index contributed by atoms with van der Waals surface area (Å²) in [5, 5.41) is 5.46. The fourth-order valence-electron chi connectivity index (χ4n) is 2.86. The van der Waals surface area contributed by atoms with Gasteiger partial charge in [-0.25, -0.2) is 0 Å². The monoisotopic (exact) mass is 434 g/mol. The zero-order valence-electron chi connectivity index (χ0n) is 17.9. The summed E-state index contributed by atoms with van der Waals surface area (Å²) in [7, 11) is 1.56. The second kappa shape index (κ2) is 12.1. The van der Waals surface area contributed by atoms with Crippen LogP contribution in [-0.2, 0) is 16.1 Å². The predicted octanol–water partition coefficient (Wildman–Crippen LogP) is 3.66. The van der Waals surface area contributed by atoms with Gasteiger partial charge < -0.3 is 24.8 Å². The van der Waals surface area contributed by atoms with E-state index in [4.69, 9.17) is 14.2 Å². The Morgan fingerprint density at radius 1 is 0.812 bits per heavy atom. The molecule has 0 spiro atoms. The number of carbonyl (C=O) groups excluding carboxylic acids is 2. The van der Waals surface area contributed by atoms with E-state index in [0.29, 0.717) is 42.5 Å². The van der Waals surface area contributed by atoms with Crippen LogP contribution in [0.15, 0.2) is 78.9 Å². The number of hydrogen-bond donors (Lipinski definition) is 2. The molecule has 0 fully saturated rings. The Morgan fingerprint density at radius 3 is 2.19 bits per heavy atom. The Kier molecular flexibility index (Phi) is 8.65. The summed E-state index contributed by atoms with van der Waals surface area (Å²) in [6, 6.07) is 23.7. The van der Waals surface area contributed by atoms with Crippen molar-refractivity contribution in [2.24, 2.45) is 0 Å². The minimum atomic E-state index is -0.369.